The van der Waals surface area contributed by atoms with Gasteiger partial charge in [0.2, 0.25) is 10.0 Å². The zero-order valence-corrected chi connectivity index (χ0v) is 20.3. The summed E-state index contributed by atoms with van der Waals surface area (Å²) >= 11 is 0. The number of nitrogens with zero attached hydrogens (tertiary/aromatic N) is 3. The number of aromatic nitrogens is 2. The summed E-state index contributed by atoms with van der Waals surface area (Å²) in [5.74, 6) is 0.642. The van der Waals surface area contributed by atoms with Crippen molar-refractivity contribution in [1.82, 2.24) is 14.3 Å². The SMILES string of the molecule is COc1cc2c(C#N)c(-c3ccc(S(=O)(=O)N[C@@H](C)C(F)(F)F)cn3)n(C3CCCC3)c2cc1C. The third kappa shape index (κ3) is 4.60. The second kappa shape index (κ2) is 9.17. The van der Waals surface area contributed by atoms with Crippen LogP contribution in [0.3, 0.4) is 0 Å². The molecule has 1 aliphatic carbocycles. The molecule has 1 fully saturated rings. The highest BCUT2D eigenvalue weighted by atomic mass is 32.2. The topological polar surface area (TPSA) is 97.0 Å². The molecule has 1 saturated carbocycles. The molecule has 0 radical (unpaired) electrons. The average Bonchev–Trinajstić information content (AvgIpc) is 3.43. The van der Waals surface area contributed by atoms with E-state index in [1.54, 1.807) is 11.8 Å². The lowest BCUT2D eigenvalue weighted by atomic mass is 10.1. The summed E-state index contributed by atoms with van der Waals surface area (Å²) < 4.78 is 72.7. The molecule has 35 heavy (non-hydrogen) atoms. The number of halogens is 3. The fourth-order valence-corrected chi connectivity index (χ4v) is 5.79. The molecule has 1 atom stereocenters. The molecule has 7 nitrogen and oxygen atoms in total. The van der Waals surface area contributed by atoms with Crippen LogP contribution in [0.15, 0.2) is 35.4 Å². The van der Waals surface area contributed by atoms with Gasteiger partial charge in [0.05, 0.1) is 29.6 Å². The summed E-state index contributed by atoms with van der Waals surface area (Å²) in [5, 5.41) is 10.8. The van der Waals surface area contributed by atoms with Crippen LogP contribution in [0, 0.1) is 18.3 Å². The summed E-state index contributed by atoms with van der Waals surface area (Å²) in [5.41, 5.74) is 3.08. The van der Waals surface area contributed by atoms with E-state index in [0.29, 0.717) is 28.1 Å². The molecule has 1 aliphatic rings. The molecule has 0 spiro atoms. The Morgan fingerprint density at radius 2 is 1.94 bits per heavy atom. The van der Waals surface area contributed by atoms with Gasteiger partial charge >= 0.3 is 6.18 Å². The normalized spacial score (nSPS) is 15.9. The van der Waals surface area contributed by atoms with Crippen molar-refractivity contribution in [2.24, 2.45) is 0 Å². The number of rotatable bonds is 6. The van der Waals surface area contributed by atoms with Crippen molar-refractivity contribution in [3.8, 4) is 23.2 Å². The van der Waals surface area contributed by atoms with Gasteiger partial charge in [-0.05, 0) is 56.5 Å². The van der Waals surface area contributed by atoms with Gasteiger partial charge in [0.25, 0.3) is 0 Å². The second-order valence-corrected chi connectivity index (χ2v) is 10.5. The lowest BCUT2D eigenvalue weighted by Gasteiger charge is -2.19. The predicted molar refractivity (Wildman–Crippen MR) is 125 cm³/mol. The molecule has 0 bridgehead atoms. The zero-order valence-electron chi connectivity index (χ0n) is 19.5. The van der Waals surface area contributed by atoms with Gasteiger partial charge in [0.1, 0.15) is 22.8 Å². The van der Waals surface area contributed by atoms with Crippen LogP contribution >= 0.6 is 0 Å². The predicted octanol–water partition coefficient (Wildman–Crippen LogP) is 5.24. The Balaban J connectivity index is 1.85. The van der Waals surface area contributed by atoms with E-state index in [-0.39, 0.29) is 6.04 Å². The largest absolute Gasteiger partial charge is 0.496 e. The van der Waals surface area contributed by atoms with Gasteiger partial charge in [-0.25, -0.2) is 8.42 Å². The first-order valence-corrected chi connectivity index (χ1v) is 12.6. The third-order valence-electron chi connectivity index (χ3n) is 6.43. The summed E-state index contributed by atoms with van der Waals surface area (Å²) in [7, 11) is -2.88. The van der Waals surface area contributed by atoms with Crippen LogP contribution in [0.2, 0.25) is 0 Å². The standard InChI is InChI=1S/C24H25F3N4O3S/c1-14-10-21-18(11-22(14)34-3)19(12-28)23(31(21)16-6-4-5-7-16)20-9-8-17(13-29-20)35(32,33)30-15(2)24(25,26)27/h8-11,13,15-16,30H,4-7H2,1-3H3/t15-/m0/s1. The van der Waals surface area contributed by atoms with E-state index in [0.717, 1.165) is 49.9 Å². The molecule has 3 aromatic rings. The molecule has 0 amide bonds. The number of benzene rings is 1. The molecular weight excluding hydrogens is 481 g/mol. The lowest BCUT2D eigenvalue weighted by Crippen LogP contribution is -2.42. The molecule has 1 N–H and O–H groups in total. The van der Waals surface area contributed by atoms with Gasteiger partial charge in [-0.3, -0.25) is 4.98 Å². The van der Waals surface area contributed by atoms with Gasteiger partial charge in [-0.1, -0.05) is 12.8 Å². The number of pyridine rings is 1. The minimum atomic E-state index is -4.72. The average molecular weight is 507 g/mol. The Bertz CT molecular complexity index is 1400. The van der Waals surface area contributed by atoms with Crippen LogP contribution in [0.4, 0.5) is 13.2 Å². The highest BCUT2D eigenvalue weighted by molar-refractivity contribution is 7.89. The summed E-state index contributed by atoms with van der Waals surface area (Å²) in [4.78, 5) is 3.89. The molecule has 11 heteroatoms. The maximum Gasteiger partial charge on any atom is 0.404 e. The molecule has 0 unspecified atom stereocenters. The number of sulfonamides is 1. The molecule has 2 aromatic heterocycles. The lowest BCUT2D eigenvalue weighted by molar-refractivity contribution is -0.147. The number of fused-ring (bicyclic) bond motifs is 1. The molecule has 4 rings (SSSR count). The van der Waals surface area contributed by atoms with Crippen molar-refractivity contribution in [3.63, 3.8) is 0 Å². The molecule has 0 saturated heterocycles. The van der Waals surface area contributed by atoms with Gasteiger partial charge < -0.3 is 9.30 Å². The maximum atomic E-state index is 12.9. The first kappa shape index (κ1) is 25.0. The first-order chi connectivity index (χ1) is 16.5. The molecule has 1 aromatic carbocycles. The van der Waals surface area contributed by atoms with E-state index in [2.05, 4.69) is 15.6 Å². The highest BCUT2D eigenvalue weighted by Crippen LogP contribution is 2.42. The number of hydrogen-bond donors (Lipinski definition) is 1. The number of hydrogen-bond acceptors (Lipinski definition) is 5. The Morgan fingerprint density at radius 1 is 1.26 bits per heavy atom. The van der Waals surface area contributed by atoms with Crippen LogP contribution in [0.1, 0.15) is 49.8 Å². The third-order valence-corrected chi connectivity index (χ3v) is 7.96. The number of ether oxygens (including phenoxy) is 1. The van der Waals surface area contributed by atoms with Crippen LogP contribution in [-0.4, -0.2) is 37.3 Å². The number of nitrogens with one attached hydrogen (secondary N) is 1. The fraction of sp³-hybridized carbons (Fsp3) is 0.417. The van der Waals surface area contributed by atoms with E-state index in [1.165, 1.54) is 12.1 Å². The smallest absolute Gasteiger partial charge is 0.404 e. The van der Waals surface area contributed by atoms with Crippen molar-refractivity contribution in [3.05, 3.63) is 41.6 Å². The van der Waals surface area contributed by atoms with Crippen LogP contribution in [0.25, 0.3) is 22.3 Å². The van der Waals surface area contributed by atoms with Crippen LogP contribution in [0.5, 0.6) is 5.75 Å². The maximum absolute atomic E-state index is 12.9. The van der Waals surface area contributed by atoms with E-state index in [9.17, 15) is 26.9 Å². The Kier molecular flexibility index (Phi) is 6.55. The number of methoxy groups -OCH3 is 1. The van der Waals surface area contributed by atoms with Gasteiger partial charge in [-0.15, -0.1) is 0 Å². The molecule has 0 aliphatic heterocycles. The Labute approximate surface area is 201 Å². The van der Waals surface area contributed by atoms with Crippen molar-refractivity contribution >= 4 is 20.9 Å². The Morgan fingerprint density at radius 3 is 2.49 bits per heavy atom. The number of nitriles is 1. The monoisotopic (exact) mass is 506 g/mol. The van der Waals surface area contributed by atoms with E-state index in [4.69, 9.17) is 4.74 Å². The van der Waals surface area contributed by atoms with Crippen molar-refractivity contribution in [1.29, 1.82) is 5.26 Å². The van der Waals surface area contributed by atoms with E-state index in [1.807, 2.05) is 19.1 Å². The van der Waals surface area contributed by atoms with E-state index < -0.39 is 27.1 Å². The van der Waals surface area contributed by atoms with Gasteiger partial charge in [0.15, 0.2) is 0 Å². The Hall–Kier alpha value is -3.10. The minimum Gasteiger partial charge on any atom is -0.496 e. The minimum absolute atomic E-state index is 0.141. The summed E-state index contributed by atoms with van der Waals surface area (Å²) in [6.07, 6.45) is 0.258. The molecule has 186 valence electrons. The van der Waals surface area contributed by atoms with Crippen LogP contribution in [-0.2, 0) is 10.0 Å². The van der Waals surface area contributed by atoms with Crippen molar-refractivity contribution in [2.45, 2.75) is 62.7 Å². The van der Waals surface area contributed by atoms with Crippen molar-refractivity contribution in [2.75, 3.05) is 7.11 Å². The highest BCUT2D eigenvalue weighted by Gasteiger charge is 2.39. The molecule has 2 heterocycles. The fourth-order valence-electron chi connectivity index (χ4n) is 4.61. The zero-order chi connectivity index (χ0) is 25.5. The van der Waals surface area contributed by atoms with Crippen molar-refractivity contribution < 1.29 is 26.3 Å². The van der Waals surface area contributed by atoms with Gasteiger partial charge in [0, 0.05) is 17.6 Å². The first-order valence-electron chi connectivity index (χ1n) is 11.2. The summed E-state index contributed by atoms with van der Waals surface area (Å²) in [6, 6.07) is 6.58. The van der Waals surface area contributed by atoms with E-state index >= 15 is 0 Å². The quantitative estimate of drug-likeness (QED) is 0.493. The van der Waals surface area contributed by atoms with Gasteiger partial charge in [-0.2, -0.15) is 23.2 Å². The van der Waals surface area contributed by atoms with Crippen LogP contribution < -0.4 is 9.46 Å². The number of alkyl halides is 3. The molecular formula is C24H25F3N4O3S. The summed E-state index contributed by atoms with van der Waals surface area (Å²) in [6.45, 7) is 2.65. The number of aryl methyl sites for hydroxylation is 1. The second-order valence-electron chi connectivity index (χ2n) is 8.75.